The summed E-state index contributed by atoms with van der Waals surface area (Å²) in [5.74, 6) is 0. The smallest absolute Gasteiger partial charge is 0.269 e. The molecule has 0 spiro atoms. The van der Waals surface area contributed by atoms with Crippen LogP contribution >= 0.6 is 0 Å². The summed E-state index contributed by atoms with van der Waals surface area (Å²) in [6.07, 6.45) is 0.985. The number of nitro groups is 1. The molecule has 1 aromatic heterocycles. The number of hydrogen-bond donors (Lipinski definition) is 1. The van der Waals surface area contributed by atoms with Crippen molar-refractivity contribution in [2.45, 2.75) is 39.8 Å². The molecule has 0 aliphatic rings. The molecule has 0 unspecified atom stereocenters. The fourth-order valence-electron chi connectivity index (χ4n) is 2.45. The molecule has 0 aliphatic carbocycles. The second-order valence-electron chi connectivity index (χ2n) is 5.53. The lowest BCUT2D eigenvalue weighted by molar-refractivity contribution is -0.384. The van der Waals surface area contributed by atoms with Crippen LogP contribution in [0.25, 0.3) is 0 Å². The summed E-state index contributed by atoms with van der Waals surface area (Å²) in [7, 11) is 0. The Hall–Kier alpha value is -2.21. The van der Waals surface area contributed by atoms with E-state index >= 15 is 0 Å². The van der Waals surface area contributed by atoms with Crippen molar-refractivity contribution in [2.75, 3.05) is 6.54 Å². The molecular weight excluding hydrogens is 280 g/mol. The molecule has 0 radical (unpaired) electrons. The minimum absolute atomic E-state index is 0.125. The molecule has 0 saturated heterocycles. The second kappa shape index (κ2) is 7.17. The van der Waals surface area contributed by atoms with Crippen LogP contribution in [-0.2, 0) is 6.54 Å². The van der Waals surface area contributed by atoms with E-state index in [1.165, 1.54) is 5.69 Å². The van der Waals surface area contributed by atoms with Gasteiger partial charge in [-0.15, -0.1) is 0 Å². The molecule has 22 heavy (non-hydrogen) atoms. The molecule has 2 rings (SSSR count). The third-order valence-corrected chi connectivity index (χ3v) is 3.70. The monoisotopic (exact) mass is 302 g/mol. The maximum atomic E-state index is 10.6. The van der Waals surface area contributed by atoms with Crippen LogP contribution in [0.15, 0.2) is 30.3 Å². The molecule has 0 aliphatic heterocycles. The molecule has 0 saturated carbocycles. The standard InChI is InChI=1S/C16H22N4O2/c1-12-11-13(2)19(18-12)10-4-9-17-14(3)15-5-7-16(8-6-15)20(21)22/h5-8,11,14,17H,4,9-10H2,1-3H3/t14-/m0/s1. The number of non-ortho nitro benzene ring substituents is 1. The SMILES string of the molecule is Cc1cc(C)n(CCCN[C@@H](C)c2ccc([N+](=O)[O-])cc2)n1. The maximum absolute atomic E-state index is 10.6. The van der Waals surface area contributed by atoms with Crippen LogP contribution in [-0.4, -0.2) is 21.2 Å². The molecule has 6 heteroatoms. The Morgan fingerprint density at radius 1 is 1.32 bits per heavy atom. The normalized spacial score (nSPS) is 12.3. The first kappa shape index (κ1) is 16.2. The molecule has 1 heterocycles. The minimum Gasteiger partial charge on any atom is -0.310 e. The van der Waals surface area contributed by atoms with E-state index in [1.54, 1.807) is 24.3 Å². The Bertz CT molecular complexity index is 634. The largest absolute Gasteiger partial charge is 0.310 e. The van der Waals surface area contributed by atoms with Crippen LogP contribution in [0.2, 0.25) is 0 Å². The summed E-state index contributed by atoms with van der Waals surface area (Å²) in [4.78, 5) is 10.3. The average molecular weight is 302 g/mol. The van der Waals surface area contributed by atoms with E-state index in [0.29, 0.717) is 0 Å². The van der Waals surface area contributed by atoms with Gasteiger partial charge in [0.15, 0.2) is 0 Å². The van der Waals surface area contributed by atoms with E-state index in [-0.39, 0.29) is 16.7 Å². The summed E-state index contributed by atoms with van der Waals surface area (Å²) in [6.45, 7) is 7.88. The highest BCUT2D eigenvalue weighted by atomic mass is 16.6. The highest BCUT2D eigenvalue weighted by molar-refractivity contribution is 5.34. The predicted molar refractivity (Wildman–Crippen MR) is 85.8 cm³/mol. The molecule has 2 aromatic rings. The highest BCUT2D eigenvalue weighted by Crippen LogP contribution is 2.17. The van der Waals surface area contributed by atoms with Crippen molar-refractivity contribution in [1.29, 1.82) is 0 Å². The van der Waals surface area contributed by atoms with Crippen LogP contribution < -0.4 is 5.32 Å². The zero-order chi connectivity index (χ0) is 16.1. The van der Waals surface area contributed by atoms with Crippen LogP contribution in [0.3, 0.4) is 0 Å². The number of hydrogen-bond acceptors (Lipinski definition) is 4. The van der Waals surface area contributed by atoms with Gasteiger partial charge >= 0.3 is 0 Å². The van der Waals surface area contributed by atoms with Crippen LogP contribution in [0.4, 0.5) is 5.69 Å². The third-order valence-electron chi connectivity index (χ3n) is 3.70. The van der Waals surface area contributed by atoms with Crippen molar-refractivity contribution < 1.29 is 4.92 Å². The number of nitrogens with one attached hydrogen (secondary N) is 1. The van der Waals surface area contributed by atoms with Gasteiger partial charge in [0.1, 0.15) is 0 Å². The minimum atomic E-state index is -0.379. The van der Waals surface area contributed by atoms with Crippen molar-refractivity contribution >= 4 is 5.69 Å². The van der Waals surface area contributed by atoms with E-state index in [0.717, 1.165) is 30.8 Å². The van der Waals surface area contributed by atoms with Crippen molar-refractivity contribution in [2.24, 2.45) is 0 Å². The molecule has 0 amide bonds. The molecule has 6 nitrogen and oxygen atoms in total. The van der Waals surface area contributed by atoms with Crippen LogP contribution in [0, 0.1) is 24.0 Å². The molecule has 0 fully saturated rings. The van der Waals surface area contributed by atoms with Gasteiger partial charge in [0.2, 0.25) is 0 Å². The Balaban J connectivity index is 1.79. The number of nitro benzene ring substituents is 1. The lowest BCUT2D eigenvalue weighted by atomic mass is 10.1. The van der Waals surface area contributed by atoms with Gasteiger partial charge in [-0.2, -0.15) is 5.10 Å². The van der Waals surface area contributed by atoms with Gasteiger partial charge in [-0.1, -0.05) is 12.1 Å². The summed E-state index contributed by atoms with van der Waals surface area (Å²) in [6, 6.07) is 8.94. The molecule has 0 bridgehead atoms. The summed E-state index contributed by atoms with van der Waals surface area (Å²) >= 11 is 0. The zero-order valence-corrected chi connectivity index (χ0v) is 13.2. The van der Waals surface area contributed by atoms with Gasteiger partial charge in [-0.25, -0.2) is 0 Å². The first-order chi connectivity index (χ1) is 10.5. The highest BCUT2D eigenvalue weighted by Gasteiger charge is 2.08. The lowest BCUT2D eigenvalue weighted by Crippen LogP contribution is -2.21. The molecular formula is C16H22N4O2. The van der Waals surface area contributed by atoms with Gasteiger partial charge in [0.05, 0.1) is 10.6 Å². The number of aromatic nitrogens is 2. The summed E-state index contributed by atoms with van der Waals surface area (Å²) < 4.78 is 2.02. The molecule has 1 aromatic carbocycles. The maximum Gasteiger partial charge on any atom is 0.269 e. The fourth-order valence-corrected chi connectivity index (χ4v) is 2.45. The lowest BCUT2D eigenvalue weighted by Gasteiger charge is -2.14. The van der Waals surface area contributed by atoms with Crippen LogP contribution in [0.1, 0.15) is 36.3 Å². The van der Waals surface area contributed by atoms with Crippen LogP contribution in [0.5, 0.6) is 0 Å². The van der Waals surface area contributed by atoms with Crippen molar-refractivity contribution in [1.82, 2.24) is 15.1 Å². The van der Waals surface area contributed by atoms with E-state index in [9.17, 15) is 10.1 Å². The Morgan fingerprint density at radius 3 is 2.55 bits per heavy atom. The van der Waals surface area contributed by atoms with E-state index in [2.05, 4.69) is 30.3 Å². The summed E-state index contributed by atoms with van der Waals surface area (Å²) in [5.41, 5.74) is 3.41. The third kappa shape index (κ3) is 4.14. The molecule has 1 atom stereocenters. The Labute approximate surface area is 130 Å². The number of rotatable bonds is 7. The van der Waals surface area contributed by atoms with E-state index < -0.39 is 0 Å². The van der Waals surface area contributed by atoms with Crippen molar-refractivity contribution in [3.63, 3.8) is 0 Å². The summed E-state index contributed by atoms with van der Waals surface area (Å²) in [5, 5.41) is 18.5. The van der Waals surface area contributed by atoms with Gasteiger partial charge in [0, 0.05) is 30.4 Å². The average Bonchev–Trinajstić information content (AvgIpc) is 2.81. The van der Waals surface area contributed by atoms with Gasteiger partial charge in [-0.05, 0) is 45.4 Å². The van der Waals surface area contributed by atoms with E-state index in [4.69, 9.17) is 0 Å². The quantitative estimate of drug-likeness (QED) is 0.484. The first-order valence-corrected chi connectivity index (χ1v) is 7.46. The van der Waals surface area contributed by atoms with Crippen molar-refractivity contribution in [3.05, 3.63) is 57.4 Å². The predicted octanol–water partition coefficient (Wildman–Crippen LogP) is 3.15. The van der Waals surface area contributed by atoms with Gasteiger partial charge < -0.3 is 5.32 Å². The number of aryl methyl sites for hydroxylation is 3. The van der Waals surface area contributed by atoms with Crippen molar-refractivity contribution in [3.8, 4) is 0 Å². The van der Waals surface area contributed by atoms with Gasteiger partial charge in [-0.3, -0.25) is 14.8 Å². The van der Waals surface area contributed by atoms with E-state index in [1.807, 2.05) is 11.6 Å². The Morgan fingerprint density at radius 2 is 2.00 bits per heavy atom. The topological polar surface area (TPSA) is 73.0 Å². The first-order valence-electron chi connectivity index (χ1n) is 7.46. The Kier molecular flexibility index (Phi) is 5.27. The molecule has 1 N–H and O–H groups in total. The number of nitrogens with zero attached hydrogens (tertiary/aromatic N) is 3. The fraction of sp³-hybridized carbons (Fsp3) is 0.438. The van der Waals surface area contributed by atoms with Gasteiger partial charge in [0.25, 0.3) is 5.69 Å². The number of benzene rings is 1. The zero-order valence-electron chi connectivity index (χ0n) is 13.2. The second-order valence-corrected chi connectivity index (χ2v) is 5.53. The molecule has 118 valence electrons.